The van der Waals surface area contributed by atoms with E-state index in [0.717, 1.165) is 24.3 Å². The maximum absolute atomic E-state index is 9.00. The summed E-state index contributed by atoms with van der Waals surface area (Å²) in [5, 5.41) is 12.7. The Hall–Kier alpha value is -0.0800. The van der Waals surface area contributed by atoms with E-state index >= 15 is 0 Å². The standard InChI is InChI=1S/C12H23NO/c1-9-2-5-11(8-9)13-12(6-7-14)10-3-4-10/h9-14H,2-8H2,1H3. The zero-order chi connectivity index (χ0) is 9.97. The second-order valence-electron chi connectivity index (χ2n) is 5.24. The topological polar surface area (TPSA) is 32.3 Å². The summed E-state index contributed by atoms with van der Waals surface area (Å²) in [6, 6.07) is 1.34. The fourth-order valence-electron chi connectivity index (χ4n) is 2.75. The molecule has 2 heteroatoms. The molecular weight excluding hydrogens is 174 g/mol. The van der Waals surface area contributed by atoms with Gasteiger partial charge in [0.2, 0.25) is 0 Å². The maximum Gasteiger partial charge on any atom is 0.0445 e. The Morgan fingerprint density at radius 3 is 2.57 bits per heavy atom. The fraction of sp³-hybridized carbons (Fsp3) is 1.00. The Morgan fingerprint density at radius 1 is 1.29 bits per heavy atom. The molecule has 2 N–H and O–H groups in total. The van der Waals surface area contributed by atoms with E-state index in [-0.39, 0.29) is 0 Å². The van der Waals surface area contributed by atoms with E-state index in [1.165, 1.54) is 32.1 Å². The molecule has 0 saturated heterocycles. The highest BCUT2D eigenvalue weighted by atomic mass is 16.3. The average Bonchev–Trinajstić information content (AvgIpc) is 2.91. The van der Waals surface area contributed by atoms with E-state index in [0.29, 0.717) is 12.6 Å². The summed E-state index contributed by atoms with van der Waals surface area (Å²) in [5.74, 6) is 1.78. The van der Waals surface area contributed by atoms with Gasteiger partial charge in [-0.25, -0.2) is 0 Å². The van der Waals surface area contributed by atoms with Crippen molar-refractivity contribution >= 4 is 0 Å². The molecule has 2 fully saturated rings. The van der Waals surface area contributed by atoms with Crippen molar-refractivity contribution in [1.29, 1.82) is 0 Å². The number of hydrogen-bond donors (Lipinski definition) is 2. The zero-order valence-electron chi connectivity index (χ0n) is 9.21. The van der Waals surface area contributed by atoms with Gasteiger partial charge in [-0.05, 0) is 50.4 Å². The van der Waals surface area contributed by atoms with Gasteiger partial charge in [0.15, 0.2) is 0 Å². The van der Waals surface area contributed by atoms with Crippen LogP contribution in [-0.2, 0) is 0 Å². The van der Waals surface area contributed by atoms with Gasteiger partial charge in [0.05, 0.1) is 0 Å². The Bertz CT molecular complexity index is 179. The maximum atomic E-state index is 9.00. The Labute approximate surface area is 87.1 Å². The van der Waals surface area contributed by atoms with Crippen LogP contribution in [0.5, 0.6) is 0 Å². The first-order valence-electron chi connectivity index (χ1n) is 6.16. The molecule has 2 aliphatic carbocycles. The molecule has 0 bridgehead atoms. The quantitative estimate of drug-likeness (QED) is 0.706. The van der Waals surface area contributed by atoms with E-state index in [9.17, 15) is 0 Å². The van der Waals surface area contributed by atoms with Crippen LogP contribution in [0.2, 0.25) is 0 Å². The molecule has 0 spiro atoms. The molecule has 0 amide bonds. The summed E-state index contributed by atoms with van der Waals surface area (Å²) in [6.07, 6.45) is 7.77. The highest BCUT2D eigenvalue weighted by Crippen LogP contribution is 2.35. The normalized spacial score (nSPS) is 34.7. The summed E-state index contributed by atoms with van der Waals surface area (Å²) >= 11 is 0. The minimum Gasteiger partial charge on any atom is -0.396 e. The van der Waals surface area contributed by atoms with Crippen LogP contribution in [0.1, 0.15) is 45.4 Å². The lowest BCUT2D eigenvalue weighted by Crippen LogP contribution is -2.39. The molecule has 0 heterocycles. The van der Waals surface area contributed by atoms with Crippen LogP contribution in [0, 0.1) is 11.8 Å². The number of aliphatic hydroxyl groups is 1. The van der Waals surface area contributed by atoms with Crippen molar-refractivity contribution in [2.45, 2.75) is 57.5 Å². The zero-order valence-corrected chi connectivity index (χ0v) is 9.21. The Balaban J connectivity index is 1.75. The van der Waals surface area contributed by atoms with Crippen LogP contribution in [-0.4, -0.2) is 23.8 Å². The van der Waals surface area contributed by atoms with Gasteiger partial charge in [-0.1, -0.05) is 6.92 Å². The van der Waals surface area contributed by atoms with Gasteiger partial charge in [-0.3, -0.25) is 0 Å². The van der Waals surface area contributed by atoms with Crippen molar-refractivity contribution < 1.29 is 5.11 Å². The van der Waals surface area contributed by atoms with Crippen LogP contribution in [0.3, 0.4) is 0 Å². The molecule has 0 radical (unpaired) electrons. The molecule has 3 atom stereocenters. The van der Waals surface area contributed by atoms with Crippen molar-refractivity contribution in [3.8, 4) is 0 Å². The number of rotatable bonds is 5. The van der Waals surface area contributed by atoms with E-state index < -0.39 is 0 Å². The average molecular weight is 197 g/mol. The summed E-state index contributed by atoms with van der Waals surface area (Å²) in [6.45, 7) is 2.69. The van der Waals surface area contributed by atoms with Crippen LogP contribution < -0.4 is 5.32 Å². The van der Waals surface area contributed by atoms with Crippen molar-refractivity contribution in [3.05, 3.63) is 0 Å². The molecule has 14 heavy (non-hydrogen) atoms. The smallest absolute Gasteiger partial charge is 0.0445 e. The predicted molar refractivity (Wildman–Crippen MR) is 58.2 cm³/mol. The Kier molecular flexibility index (Phi) is 3.45. The molecule has 0 aromatic rings. The van der Waals surface area contributed by atoms with Gasteiger partial charge in [0.25, 0.3) is 0 Å². The van der Waals surface area contributed by atoms with E-state index in [1.54, 1.807) is 0 Å². The molecule has 2 nitrogen and oxygen atoms in total. The minimum atomic E-state index is 0.344. The molecule has 0 aromatic carbocycles. The van der Waals surface area contributed by atoms with Crippen LogP contribution in [0.25, 0.3) is 0 Å². The Morgan fingerprint density at radius 2 is 2.07 bits per heavy atom. The summed E-state index contributed by atoms with van der Waals surface area (Å²) in [5.41, 5.74) is 0. The second-order valence-corrected chi connectivity index (χ2v) is 5.24. The number of nitrogens with one attached hydrogen (secondary N) is 1. The minimum absolute atomic E-state index is 0.344. The molecule has 2 saturated carbocycles. The number of aliphatic hydroxyl groups excluding tert-OH is 1. The van der Waals surface area contributed by atoms with Crippen LogP contribution in [0.4, 0.5) is 0 Å². The molecular formula is C12H23NO. The molecule has 82 valence electrons. The first kappa shape index (κ1) is 10.4. The van der Waals surface area contributed by atoms with Gasteiger partial charge in [-0.15, -0.1) is 0 Å². The highest BCUT2D eigenvalue weighted by Gasteiger charge is 2.33. The molecule has 0 aromatic heterocycles. The highest BCUT2D eigenvalue weighted by molar-refractivity contribution is 4.90. The van der Waals surface area contributed by atoms with E-state index in [2.05, 4.69) is 12.2 Å². The first-order valence-corrected chi connectivity index (χ1v) is 6.16. The molecule has 2 aliphatic rings. The largest absolute Gasteiger partial charge is 0.396 e. The number of hydrogen-bond acceptors (Lipinski definition) is 2. The third-order valence-corrected chi connectivity index (χ3v) is 3.78. The first-order chi connectivity index (χ1) is 6.79. The van der Waals surface area contributed by atoms with Crippen LogP contribution in [0.15, 0.2) is 0 Å². The van der Waals surface area contributed by atoms with E-state index in [1.807, 2.05) is 0 Å². The predicted octanol–water partition coefficient (Wildman–Crippen LogP) is 1.93. The van der Waals surface area contributed by atoms with Crippen LogP contribution >= 0.6 is 0 Å². The summed E-state index contributed by atoms with van der Waals surface area (Å²) in [7, 11) is 0. The summed E-state index contributed by atoms with van der Waals surface area (Å²) < 4.78 is 0. The molecule has 0 aliphatic heterocycles. The molecule has 3 unspecified atom stereocenters. The van der Waals surface area contributed by atoms with Gasteiger partial charge < -0.3 is 10.4 Å². The lowest BCUT2D eigenvalue weighted by atomic mass is 10.1. The fourth-order valence-corrected chi connectivity index (χ4v) is 2.75. The van der Waals surface area contributed by atoms with Gasteiger partial charge in [0, 0.05) is 18.7 Å². The monoisotopic (exact) mass is 197 g/mol. The van der Waals surface area contributed by atoms with Crippen molar-refractivity contribution in [3.63, 3.8) is 0 Å². The second kappa shape index (κ2) is 4.63. The van der Waals surface area contributed by atoms with Crippen molar-refractivity contribution in [2.24, 2.45) is 11.8 Å². The van der Waals surface area contributed by atoms with Crippen molar-refractivity contribution in [2.75, 3.05) is 6.61 Å². The third kappa shape index (κ3) is 2.71. The van der Waals surface area contributed by atoms with Gasteiger partial charge >= 0.3 is 0 Å². The molecule has 2 rings (SSSR count). The lowest BCUT2D eigenvalue weighted by Gasteiger charge is -2.22. The van der Waals surface area contributed by atoms with Gasteiger partial charge in [-0.2, -0.15) is 0 Å². The van der Waals surface area contributed by atoms with Gasteiger partial charge in [0.1, 0.15) is 0 Å². The third-order valence-electron chi connectivity index (χ3n) is 3.78. The van der Waals surface area contributed by atoms with E-state index in [4.69, 9.17) is 5.11 Å². The summed E-state index contributed by atoms with van der Waals surface area (Å²) in [4.78, 5) is 0. The SMILES string of the molecule is CC1CCC(NC(CCO)C2CC2)C1. The lowest BCUT2D eigenvalue weighted by molar-refractivity contribution is 0.247. The van der Waals surface area contributed by atoms with Crippen molar-refractivity contribution in [1.82, 2.24) is 5.32 Å².